The second-order valence-corrected chi connectivity index (χ2v) is 7.27. The third-order valence-electron chi connectivity index (χ3n) is 4.50. The van der Waals surface area contributed by atoms with Gasteiger partial charge in [0.2, 0.25) is 0 Å². The van der Waals surface area contributed by atoms with Gasteiger partial charge in [-0.3, -0.25) is 9.88 Å². The maximum absolute atomic E-state index is 12.4. The quantitative estimate of drug-likeness (QED) is 0.823. The van der Waals surface area contributed by atoms with Crippen LogP contribution in [0.25, 0.3) is 0 Å². The Kier molecular flexibility index (Phi) is 7.65. The van der Waals surface area contributed by atoms with Gasteiger partial charge in [0, 0.05) is 51.2 Å². The molecule has 0 aromatic carbocycles. The molecule has 6 nitrogen and oxygen atoms in total. The molecule has 1 aliphatic rings. The zero-order chi connectivity index (χ0) is 18.2. The van der Waals surface area contributed by atoms with Gasteiger partial charge in [-0.25, -0.2) is 4.79 Å². The van der Waals surface area contributed by atoms with Crippen LogP contribution >= 0.6 is 0 Å². The van der Waals surface area contributed by atoms with Crippen LogP contribution in [0.1, 0.15) is 39.3 Å². The Morgan fingerprint density at radius 1 is 1.20 bits per heavy atom. The van der Waals surface area contributed by atoms with E-state index in [2.05, 4.69) is 42.0 Å². The molecule has 25 heavy (non-hydrogen) atoms. The predicted octanol–water partition coefficient (Wildman–Crippen LogP) is 2.53. The number of carbonyl (C=O) groups excluding carboxylic acids is 1. The van der Waals surface area contributed by atoms with Gasteiger partial charge in [-0.1, -0.05) is 19.9 Å². The summed E-state index contributed by atoms with van der Waals surface area (Å²) in [4.78, 5) is 20.9. The maximum atomic E-state index is 12.4. The molecule has 2 unspecified atom stereocenters. The highest BCUT2D eigenvalue weighted by molar-refractivity contribution is 5.74. The Morgan fingerprint density at radius 2 is 1.92 bits per heavy atom. The highest BCUT2D eigenvalue weighted by Crippen LogP contribution is 2.20. The predicted molar refractivity (Wildman–Crippen MR) is 99.4 cm³/mol. The number of amides is 2. The standard InChI is InChI=1S/C19H32N4O2/c1-15(2)13-25-14-16(3)21-19(24)23-10-8-22(9-11-23)17(4)18-6-5-7-20-12-18/h5-7,12,15-17H,8-11,13-14H2,1-4H3,(H,21,24). The zero-order valence-corrected chi connectivity index (χ0v) is 15.9. The van der Waals surface area contributed by atoms with E-state index in [4.69, 9.17) is 4.74 Å². The number of ether oxygens (including phenoxy) is 1. The number of piperazine rings is 1. The molecule has 140 valence electrons. The molecule has 1 saturated heterocycles. The average Bonchev–Trinajstić information content (AvgIpc) is 2.61. The van der Waals surface area contributed by atoms with Crippen molar-refractivity contribution in [3.63, 3.8) is 0 Å². The van der Waals surface area contributed by atoms with Gasteiger partial charge in [-0.2, -0.15) is 0 Å². The minimum atomic E-state index is 0.00864. The number of aromatic nitrogens is 1. The number of urea groups is 1. The number of carbonyl (C=O) groups is 1. The van der Waals surface area contributed by atoms with Crippen molar-refractivity contribution in [3.05, 3.63) is 30.1 Å². The van der Waals surface area contributed by atoms with E-state index in [0.717, 1.165) is 32.8 Å². The van der Waals surface area contributed by atoms with Crippen LogP contribution in [0, 0.1) is 5.92 Å². The first-order valence-electron chi connectivity index (χ1n) is 9.24. The van der Waals surface area contributed by atoms with E-state index < -0.39 is 0 Å². The van der Waals surface area contributed by atoms with Gasteiger partial charge in [-0.15, -0.1) is 0 Å². The molecule has 1 fully saturated rings. The van der Waals surface area contributed by atoms with Crippen LogP contribution in [0.4, 0.5) is 4.79 Å². The molecular formula is C19H32N4O2. The van der Waals surface area contributed by atoms with Crippen LogP contribution < -0.4 is 5.32 Å². The fraction of sp³-hybridized carbons (Fsp3) is 0.684. The van der Waals surface area contributed by atoms with Crippen molar-refractivity contribution in [2.75, 3.05) is 39.4 Å². The van der Waals surface area contributed by atoms with E-state index in [-0.39, 0.29) is 12.1 Å². The molecule has 6 heteroatoms. The fourth-order valence-electron chi connectivity index (χ4n) is 2.97. The Labute approximate surface area is 151 Å². The molecule has 1 aliphatic heterocycles. The van der Waals surface area contributed by atoms with Gasteiger partial charge in [0.25, 0.3) is 0 Å². The minimum Gasteiger partial charge on any atom is -0.379 e. The number of hydrogen-bond acceptors (Lipinski definition) is 4. The van der Waals surface area contributed by atoms with E-state index in [9.17, 15) is 4.79 Å². The van der Waals surface area contributed by atoms with Crippen LogP contribution in [0.2, 0.25) is 0 Å². The normalized spacial score (nSPS) is 18.2. The topological polar surface area (TPSA) is 57.7 Å². The van der Waals surface area contributed by atoms with Crippen molar-refractivity contribution >= 4 is 6.03 Å². The largest absolute Gasteiger partial charge is 0.379 e. The van der Waals surface area contributed by atoms with Gasteiger partial charge in [0.15, 0.2) is 0 Å². The summed E-state index contributed by atoms with van der Waals surface area (Å²) < 4.78 is 5.60. The molecule has 0 saturated carbocycles. The Morgan fingerprint density at radius 3 is 2.52 bits per heavy atom. The van der Waals surface area contributed by atoms with Crippen LogP contribution in [0.3, 0.4) is 0 Å². The van der Waals surface area contributed by atoms with E-state index in [1.807, 2.05) is 24.1 Å². The summed E-state index contributed by atoms with van der Waals surface area (Å²) in [6.07, 6.45) is 3.72. The van der Waals surface area contributed by atoms with E-state index in [1.54, 1.807) is 6.20 Å². The Bertz CT molecular complexity index is 515. The van der Waals surface area contributed by atoms with E-state index in [0.29, 0.717) is 18.6 Å². The van der Waals surface area contributed by atoms with Gasteiger partial charge < -0.3 is 15.0 Å². The van der Waals surface area contributed by atoms with Crippen LogP contribution in [-0.4, -0.2) is 66.2 Å². The van der Waals surface area contributed by atoms with Gasteiger partial charge in [0.1, 0.15) is 0 Å². The lowest BCUT2D eigenvalue weighted by Crippen LogP contribution is -2.53. The molecular weight excluding hydrogens is 316 g/mol. The fourth-order valence-corrected chi connectivity index (χ4v) is 2.97. The highest BCUT2D eigenvalue weighted by atomic mass is 16.5. The summed E-state index contributed by atoms with van der Waals surface area (Å²) in [5.74, 6) is 0.512. The third-order valence-corrected chi connectivity index (χ3v) is 4.50. The molecule has 0 spiro atoms. The SMILES string of the molecule is CC(C)COCC(C)NC(=O)N1CCN(C(C)c2cccnc2)CC1. The lowest BCUT2D eigenvalue weighted by Gasteiger charge is -2.38. The number of pyridine rings is 1. The number of rotatable bonds is 7. The highest BCUT2D eigenvalue weighted by Gasteiger charge is 2.25. The van der Waals surface area contributed by atoms with E-state index >= 15 is 0 Å². The molecule has 0 bridgehead atoms. The number of nitrogens with zero attached hydrogens (tertiary/aromatic N) is 3. The molecule has 2 rings (SSSR count). The van der Waals surface area contributed by atoms with Crippen molar-refractivity contribution < 1.29 is 9.53 Å². The lowest BCUT2D eigenvalue weighted by molar-refractivity contribution is 0.0873. The zero-order valence-electron chi connectivity index (χ0n) is 15.9. The summed E-state index contributed by atoms with van der Waals surface area (Å²) >= 11 is 0. The van der Waals surface area contributed by atoms with Crippen molar-refractivity contribution in [2.45, 2.75) is 39.8 Å². The second kappa shape index (κ2) is 9.73. The molecule has 1 aromatic heterocycles. The number of nitrogens with one attached hydrogen (secondary N) is 1. The first-order valence-corrected chi connectivity index (χ1v) is 9.24. The molecule has 2 heterocycles. The van der Waals surface area contributed by atoms with Crippen molar-refractivity contribution in [1.82, 2.24) is 20.1 Å². The maximum Gasteiger partial charge on any atom is 0.317 e. The Balaban J connectivity index is 1.73. The van der Waals surface area contributed by atoms with Crippen molar-refractivity contribution in [1.29, 1.82) is 0 Å². The summed E-state index contributed by atoms with van der Waals surface area (Å²) in [7, 11) is 0. The first-order chi connectivity index (χ1) is 12.0. The molecule has 0 radical (unpaired) electrons. The van der Waals surface area contributed by atoms with E-state index in [1.165, 1.54) is 5.56 Å². The number of hydrogen-bond donors (Lipinski definition) is 1. The van der Waals surface area contributed by atoms with Crippen LogP contribution in [-0.2, 0) is 4.74 Å². The lowest BCUT2D eigenvalue weighted by atomic mass is 10.1. The summed E-state index contributed by atoms with van der Waals surface area (Å²) in [6.45, 7) is 13.0. The third kappa shape index (κ3) is 6.29. The minimum absolute atomic E-state index is 0.00864. The van der Waals surface area contributed by atoms with Gasteiger partial charge in [-0.05, 0) is 31.4 Å². The summed E-state index contributed by atoms with van der Waals surface area (Å²) in [6, 6.07) is 4.43. The average molecular weight is 348 g/mol. The summed E-state index contributed by atoms with van der Waals surface area (Å²) in [5, 5.41) is 3.03. The van der Waals surface area contributed by atoms with Gasteiger partial charge >= 0.3 is 6.03 Å². The Hall–Kier alpha value is -1.66. The van der Waals surface area contributed by atoms with Crippen molar-refractivity contribution in [2.24, 2.45) is 5.92 Å². The summed E-state index contributed by atoms with van der Waals surface area (Å²) in [5.41, 5.74) is 1.22. The molecule has 1 aromatic rings. The smallest absolute Gasteiger partial charge is 0.317 e. The molecule has 2 amide bonds. The molecule has 2 atom stereocenters. The van der Waals surface area contributed by atoms with Crippen molar-refractivity contribution in [3.8, 4) is 0 Å². The monoisotopic (exact) mass is 348 g/mol. The van der Waals surface area contributed by atoms with Gasteiger partial charge in [0.05, 0.1) is 12.6 Å². The first kappa shape index (κ1) is 19.7. The van der Waals surface area contributed by atoms with Crippen LogP contribution in [0.5, 0.6) is 0 Å². The molecule has 1 N–H and O–H groups in total. The van der Waals surface area contributed by atoms with Crippen LogP contribution in [0.15, 0.2) is 24.5 Å². The molecule has 0 aliphatic carbocycles. The second-order valence-electron chi connectivity index (χ2n) is 7.27.